The fraction of sp³-hybridized carbons (Fsp3) is 0.381. The zero-order valence-corrected chi connectivity index (χ0v) is 15.0. The Morgan fingerprint density at radius 1 is 1.08 bits per heavy atom. The highest BCUT2D eigenvalue weighted by atomic mass is 19.1. The first-order valence-corrected chi connectivity index (χ1v) is 8.79. The number of phenolic OH excluding ortho intramolecular Hbond substituents is 1. The Hall–Kier alpha value is -2.56. The Balaban J connectivity index is 1.97. The summed E-state index contributed by atoms with van der Waals surface area (Å²) in [4.78, 5) is 13.3. The lowest BCUT2D eigenvalue weighted by atomic mass is 9.72. The van der Waals surface area contributed by atoms with Crippen LogP contribution in [-0.4, -0.2) is 25.1 Å². The number of carbonyl (C=O) groups is 1. The van der Waals surface area contributed by atoms with Crippen LogP contribution in [0.25, 0.3) is 0 Å². The van der Waals surface area contributed by atoms with E-state index in [1.807, 2.05) is 0 Å². The molecule has 4 nitrogen and oxygen atoms in total. The average molecular weight is 358 g/mol. The van der Waals surface area contributed by atoms with Crippen LogP contribution in [0.1, 0.15) is 47.5 Å². The van der Waals surface area contributed by atoms with E-state index in [0.29, 0.717) is 17.1 Å². The Labute approximate surface area is 152 Å². The van der Waals surface area contributed by atoms with Crippen molar-refractivity contribution in [2.75, 3.05) is 14.2 Å². The highest BCUT2D eigenvalue weighted by Gasteiger charge is 2.34. The minimum Gasteiger partial charge on any atom is -0.505 e. The van der Waals surface area contributed by atoms with Crippen molar-refractivity contribution in [3.8, 4) is 17.2 Å². The molecule has 2 aromatic carbocycles. The maximum absolute atomic E-state index is 13.4. The minimum absolute atomic E-state index is 0.00531. The second kappa shape index (κ2) is 7.77. The molecular formula is C21H23FO4. The first-order chi connectivity index (χ1) is 12.5. The Morgan fingerprint density at radius 2 is 1.85 bits per heavy atom. The zero-order valence-electron chi connectivity index (χ0n) is 15.0. The molecule has 1 saturated carbocycles. The van der Waals surface area contributed by atoms with Gasteiger partial charge in [-0.3, -0.25) is 4.79 Å². The van der Waals surface area contributed by atoms with Gasteiger partial charge < -0.3 is 14.6 Å². The Bertz CT molecular complexity index is 803. The number of hydrogen-bond donors (Lipinski definition) is 1. The molecule has 1 N–H and O–H groups in total. The van der Waals surface area contributed by atoms with E-state index in [2.05, 4.69) is 0 Å². The molecule has 5 heteroatoms. The lowest BCUT2D eigenvalue weighted by Gasteiger charge is -2.31. The van der Waals surface area contributed by atoms with E-state index in [0.717, 1.165) is 31.2 Å². The molecule has 0 heterocycles. The lowest BCUT2D eigenvalue weighted by molar-refractivity contribution is 0.0864. The first kappa shape index (κ1) is 18.2. The summed E-state index contributed by atoms with van der Waals surface area (Å²) >= 11 is 0. The zero-order chi connectivity index (χ0) is 18.7. The van der Waals surface area contributed by atoms with Crippen LogP contribution in [-0.2, 0) is 0 Å². The van der Waals surface area contributed by atoms with Crippen LogP contribution >= 0.6 is 0 Å². The van der Waals surface area contributed by atoms with Gasteiger partial charge in [0.25, 0.3) is 0 Å². The van der Waals surface area contributed by atoms with Gasteiger partial charge in [0.05, 0.1) is 19.8 Å². The smallest absolute Gasteiger partial charge is 0.170 e. The van der Waals surface area contributed by atoms with E-state index < -0.39 is 5.82 Å². The van der Waals surface area contributed by atoms with Gasteiger partial charge in [-0.1, -0.05) is 18.9 Å². The molecule has 3 rings (SSSR count). The molecule has 1 fully saturated rings. The summed E-state index contributed by atoms with van der Waals surface area (Å²) in [7, 11) is 3.09. The summed E-state index contributed by atoms with van der Waals surface area (Å²) in [5, 5.41) is 9.73. The van der Waals surface area contributed by atoms with Gasteiger partial charge in [0.2, 0.25) is 0 Å². The van der Waals surface area contributed by atoms with Gasteiger partial charge in [-0.2, -0.15) is 0 Å². The Morgan fingerprint density at radius 3 is 2.54 bits per heavy atom. The van der Waals surface area contributed by atoms with Crippen molar-refractivity contribution in [1.82, 2.24) is 0 Å². The number of aromatic hydroxyl groups is 1. The fourth-order valence-corrected chi connectivity index (χ4v) is 3.81. The molecule has 1 aliphatic rings. The molecule has 0 amide bonds. The van der Waals surface area contributed by atoms with Gasteiger partial charge in [-0.15, -0.1) is 0 Å². The second-order valence-electron chi connectivity index (χ2n) is 6.64. The lowest BCUT2D eigenvalue weighted by Crippen LogP contribution is -2.26. The van der Waals surface area contributed by atoms with Crippen molar-refractivity contribution in [3.05, 3.63) is 53.3 Å². The van der Waals surface area contributed by atoms with Crippen molar-refractivity contribution in [1.29, 1.82) is 0 Å². The standard InChI is InChI=1S/C21H23FO4/c1-25-14-8-10-20(26-2)17(12-14)21(24)16-6-4-3-5-15(16)13-7-9-18(22)19(23)11-13/h7-12,15-16,23H,3-6H2,1-2H3. The number of rotatable bonds is 5. The largest absolute Gasteiger partial charge is 0.505 e. The first-order valence-electron chi connectivity index (χ1n) is 8.79. The molecule has 2 unspecified atom stereocenters. The summed E-state index contributed by atoms with van der Waals surface area (Å²) < 4.78 is 24.0. The highest BCUT2D eigenvalue weighted by Crippen LogP contribution is 2.42. The van der Waals surface area contributed by atoms with Crippen molar-refractivity contribution in [2.24, 2.45) is 5.92 Å². The molecule has 2 aromatic rings. The van der Waals surface area contributed by atoms with Gasteiger partial charge in [0, 0.05) is 5.92 Å². The molecule has 0 spiro atoms. The summed E-state index contributed by atoms with van der Waals surface area (Å²) in [6, 6.07) is 9.55. The van der Waals surface area contributed by atoms with Crippen LogP contribution in [0.4, 0.5) is 4.39 Å². The topological polar surface area (TPSA) is 55.8 Å². The predicted octanol–water partition coefficient (Wildman–Crippen LogP) is 4.71. The maximum atomic E-state index is 13.4. The predicted molar refractivity (Wildman–Crippen MR) is 96.6 cm³/mol. The number of halogens is 1. The number of benzene rings is 2. The molecule has 0 radical (unpaired) electrons. The summed E-state index contributed by atoms with van der Waals surface area (Å²) in [5.74, 6) is -0.217. The van der Waals surface area contributed by atoms with Gasteiger partial charge in [0.15, 0.2) is 17.3 Å². The molecular weight excluding hydrogens is 335 g/mol. The quantitative estimate of drug-likeness (QED) is 0.787. The van der Waals surface area contributed by atoms with E-state index in [1.54, 1.807) is 31.4 Å². The molecule has 0 aliphatic heterocycles. The normalized spacial score (nSPS) is 19.8. The van der Waals surface area contributed by atoms with E-state index in [9.17, 15) is 14.3 Å². The number of ether oxygens (including phenoxy) is 2. The van der Waals surface area contributed by atoms with Gasteiger partial charge >= 0.3 is 0 Å². The van der Waals surface area contributed by atoms with Gasteiger partial charge in [-0.05, 0) is 54.7 Å². The number of hydrogen-bond acceptors (Lipinski definition) is 4. The monoisotopic (exact) mass is 358 g/mol. The van der Waals surface area contributed by atoms with Crippen LogP contribution in [0.3, 0.4) is 0 Å². The molecule has 138 valence electrons. The molecule has 0 saturated heterocycles. The van der Waals surface area contributed by atoms with Crippen molar-refractivity contribution < 1.29 is 23.8 Å². The summed E-state index contributed by atoms with van der Waals surface area (Å²) in [6.07, 6.45) is 3.55. The summed E-state index contributed by atoms with van der Waals surface area (Å²) in [6.45, 7) is 0. The van der Waals surface area contributed by atoms with E-state index in [-0.39, 0.29) is 23.4 Å². The molecule has 0 bridgehead atoms. The van der Waals surface area contributed by atoms with Crippen molar-refractivity contribution in [2.45, 2.75) is 31.6 Å². The van der Waals surface area contributed by atoms with Crippen LogP contribution in [0, 0.1) is 11.7 Å². The molecule has 1 aliphatic carbocycles. The maximum Gasteiger partial charge on any atom is 0.170 e. The SMILES string of the molecule is COc1ccc(OC)c(C(=O)C2CCCCC2c2ccc(F)c(O)c2)c1. The van der Waals surface area contributed by atoms with Crippen LogP contribution in [0.2, 0.25) is 0 Å². The van der Waals surface area contributed by atoms with E-state index in [1.165, 1.54) is 19.2 Å². The van der Waals surface area contributed by atoms with Crippen LogP contribution in [0.5, 0.6) is 17.2 Å². The van der Waals surface area contributed by atoms with E-state index in [4.69, 9.17) is 9.47 Å². The van der Waals surface area contributed by atoms with Gasteiger partial charge in [-0.25, -0.2) is 4.39 Å². The number of methoxy groups -OCH3 is 2. The van der Waals surface area contributed by atoms with Crippen molar-refractivity contribution in [3.63, 3.8) is 0 Å². The average Bonchev–Trinajstić information content (AvgIpc) is 2.69. The van der Waals surface area contributed by atoms with E-state index >= 15 is 0 Å². The number of carbonyl (C=O) groups excluding carboxylic acids is 1. The number of Topliss-reactive ketones (excluding diaryl/α,β-unsaturated/α-hetero) is 1. The fourth-order valence-electron chi connectivity index (χ4n) is 3.81. The highest BCUT2D eigenvalue weighted by molar-refractivity contribution is 6.01. The number of ketones is 1. The van der Waals surface area contributed by atoms with Crippen LogP contribution < -0.4 is 9.47 Å². The third-order valence-corrected chi connectivity index (χ3v) is 5.17. The number of phenols is 1. The van der Waals surface area contributed by atoms with Gasteiger partial charge in [0.1, 0.15) is 11.5 Å². The second-order valence-corrected chi connectivity index (χ2v) is 6.64. The third kappa shape index (κ3) is 3.52. The Kier molecular flexibility index (Phi) is 5.45. The van der Waals surface area contributed by atoms with Crippen molar-refractivity contribution >= 4 is 5.78 Å². The molecule has 2 atom stereocenters. The molecule has 0 aromatic heterocycles. The molecule has 26 heavy (non-hydrogen) atoms. The van der Waals surface area contributed by atoms with Crippen LogP contribution in [0.15, 0.2) is 36.4 Å². The summed E-state index contributed by atoms with van der Waals surface area (Å²) in [5.41, 5.74) is 1.29. The third-order valence-electron chi connectivity index (χ3n) is 5.17. The minimum atomic E-state index is -0.651.